The van der Waals surface area contributed by atoms with Crippen LogP contribution in [0.4, 0.5) is 11.4 Å². The number of benzene rings is 2. The van der Waals surface area contributed by atoms with Crippen LogP contribution in [0.3, 0.4) is 0 Å². The molecule has 0 saturated carbocycles. The minimum atomic E-state index is -0.460. The third-order valence-corrected chi connectivity index (χ3v) is 4.56. The van der Waals surface area contributed by atoms with Crippen molar-refractivity contribution in [3.8, 4) is 11.5 Å². The van der Waals surface area contributed by atoms with Crippen LogP contribution >= 0.6 is 23.8 Å². The van der Waals surface area contributed by atoms with Gasteiger partial charge in [0.2, 0.25) is 5.91 Å². The molecular weight excluding hydrogens is 426 g/mol. The van der Waals surface area contributed by atoms with Gasteiger partial charge < -0.3 is 20.1 Å². The number of anilines is 2. The summed E-state index contributed by atoms with van der Waals surface area (Å²) in [5, 5.41) is 8.82. The molecule has 0 atom stereocenters. The van der Waals surface area contributed by atoms with Gasteiger partial charge in [-0.3, -0.25) is 14.9 Å². The van der Waals surface area contributed by atoms with Crippen molar-refractivity contribution in [1.29, 1.82) is 0 Å². The van der Waals surface area contributed by atoms with Crippen LogP contribution in [0.1, 0.15) is 36.5 Å². The molecule has 3 N–H and O–H groups in total. The fourth-order valence-electron chi connectivity index (χ4n) is 2.61. The molecule has 0 heterocycles. The second-order valence-corrected chi connectivity index (χ2v) is 7.16. The van der Waals surface area contributed by atoms with Crippen LogP contribution in [0, 0.1) is 0 Å². The Morgan fingerprint density at radius 1 is 1.03 bits per heavy atom. The molecule has 0 fully saturated rings. The van der Waals surface area contributed by atoms with Crippen molar-refractivity contribution < 1.29 is 19.1 Å². The standard InChI is InChI=1S/C21H24ClN3O4S/c1-4-5-6-19(26)24-16-9-8-14(12-18(16)29-3)23-21(30)25-20(27)15-11-13(22)7-10-17(15)28-2/h7-12H,4-6H2,1-3H3,(H,24,26)(H2,23,25,27,30). The summed E-state index contributed by atoms with van der Waals surface area (Å²) in [6.07, 6.45) is 2.21. The van der Waals surface area contributed by atoms with Crippen molar-refractivity contribution in [2.45, 2.75) is 26.2 Å². The molecule has 0 aliphatic heterocycles. The van der Waals surface area contributed by atoms with Gasteiger partial charge in [-0.15, -0.1) is 0 Å². The zero-order valence-corrected chi connectivity index (χ0v) is 18.6. The lowest BCUT2D eigenvalue weighted by Gasteiger charge is -2.14. The number of rotatable bonds is 8. The first kappa shape index (κ1) is 23.4. The molecule has 7 nitrogen and oxygen atoms in total. The third kappa shape index (κ3) is 6.60. The Bertz CT molecular complexity index is 936. The molecule has 2 aromatic rings. The lowest BCUT2D eigenvalue weighted by Crippen LogP contribution is -2.34. The van der Waals surface area contributed by atoms with Crippen molar-refractivity contribution in [3.05, 3.63) is 47.0 Å². The van der Waals surface area contributed by atoms with Crippen molar-refractivity contribution in [2.24, 2.45) is 0 Å². The molecule has 0 radical (unpaired) electrons. The number of amides is 2. The zero-order valence-electron chi connectivity index (χ0n) is 17.0. The number of unbranched alkanes of at least 4 members (excludes halogenated alkanes) is 1. The number of halogens is 1. The van der Waals surface area contributed by atoms with Crippen LogP contribution in [-0.2, 0) is 4.79 Å². The fourth-order valence-corrected chi connectivity index (χ4v) is 3.00. The smallest absolute Gasteiger partial charge is 0.261 e. The monoisotopic (exact) mass is 449 g/mol. The maximum absolute atomic E-state index is 12.5. The second-order valence-electron chi connectivity index (χ2n) is 6.32. The molecule has 0 bridgehead atoms. The van der Waals surface area contributed by atoms with E-state index in [2.05, 4.69) is 16.0 Å². The number of ether oxygens (including phenoxy) is 2. The Morgan fingerprint density at radius 2 is 1.77 bits per heavy atom. The predicted octanol–water partition coefficient (Wildman–Crippen LogP) is 4.61. The van der Waals surface area contributed by atoms with Crippen molar-refractivity contribution >= 4 is 52.1 Å². The second kappa shape index (κ2) is 11.4. The first-order chi connectivity index (χ1) is 14.4. The van der Waals surface area contributed by atoms with Gasteiger partial charge in [-0.1, -0.05) is 24.9 Å². The van der Waals surface area contributed by atoms with Crippen LogP contribution in [0.15, 0.2) is 36.4 Å². The number of thiocarbonyl (C=S) groups is 1. The van der Waals surface area contributed by atoms with Gasteiger partial charge in [-0.2, -0.15) is 0 Å². The molecule has 9 heteroatoms. The van der Waals surface area contributed by atoms with Crippen LogP contribution in [-0.4, -0.2) is 31.1 Å². The number of carbonyl (C=O) groups excluding carboxylic acids is 2. The number of nitrogens with one attached hydrogen (secondary N) is 3. The van der Waals surface area contributed by atoms with Crippen LogP contribution in [0.5, 0.6) is 11.5 Å². The molecular formula is C21H24ClN3O4S. The summed E-state index contributed by atoms with van der Waals surface area (Å²) in [6, 6.07) is 9.83. The topological polar surface area (TPSA) is 88.7 Å². The van der Waals surface area contributed by atoms with E-state index in [0.29, 0.717) is 34.3 Å². The van der Waals surface area contributed by atoms with E-state index < -0.39 is 5.91 Å². The molecule has 0 saturated heterocycles. The third-order valence-electron chi connectivity index (χ3n) is 4.12. The Morgan fingerprint density at radius 3 is 2.43 bits per heavy atom. The molecule has 0 aliphatic rings. The van der Waals surface area contributed by atoms with E-state index in [1.54, 1.807) is 30.3 Å². The van der Waals surface area contributed by atoms with Crippen molar-refractivity contribution in [2.75, 3.05) is 24.9 Å². The highest BCUT2D eigenvalue weighted by Gasteiger charge is 2.15. The lowest BCUT2D eigenvalue weighted by molar-refractivity contribution is -0.116. The van der Waals surface area contributed by atoms with Crippen LogP contribution in [0.2, 0.25) is 5.02 Å². The van der Waals surface area contributed by atoms with Crippen molar-refractivity contribution in [1.82, 2.24) is 5.32 Å². The van der Waals surface area contributed by atoms with E-state index in [-0.39, 0.29) is 16.6 Å². The van der Waals surface area contributed by atoms with Crippen molar-refractivity contribution in [3.63, 3.8) is 0 Å². The quantitative estimate of drug-likeness (QED) is 0.510. The molecule has 0 aromatic heterocycles. The highest BCUT2D eigenvalue weighted by Crippen LogP contribution is 2.28. The van der Waals surface area contributed by atoms with Gasteiger partial charge in [0.25, 0.3) is 5.91 Å². The zero-order chi connectivity index (χ0) is 22.1. The average molecular weight is 450 g/mol. The summed E-state index contributed by atoms with van der Waals surface area (Å²) in [4.78, 5) is 24.5. The van der Waals surface area contributed by atoms with E-state index >= 15 is 0 Å². The lowest BCUT2D eigenvalue weighted by atomic mass is 10.2. The van der Waals surface area contributed by atoms with Gasteiger partial charge >= 0.3 is 0 Å². The van der Waals surface area contributed by atoms with E-state index in [1.165, 1.54) is 20.3 Å². The summed E-state index contributed by atoms with van der Waals surface area (Å²) in [5.41, 5.74) is 1.40. The molecule has 2 amide bonds. The maximum Gasteiger partial charge on any atom is 0.261 e. The van der Waals surface area contributed by atoms with Crippen LogP contribution < -0.4 is 25.4 Å². The first-order valence-corrected chi connectivity index (χ1v) is 10.1. The van der Waals surface area contributed by atoms with Gasteiger partial charge in [-0.25, -0.2) is 0 Å². The summed E-state index contributed by atoms with van der Waals surface area (Å²) >= 11 is 11.2. The van der Waals surface area contributed by atoms with E-state index in [9.17, 15) is 9.59 Å². The molecule has 30 heavy (non-hydrogen) atoms. The van der Waals surface area contributed by atoms with Gasteiger partial charge in [0.05, 0.1) is 25.5 Å². The SMILES string of the molecule is CCCCC(=O)Nc1ccc(NC(=S)NC(=O)c2cc(Cl)ccc2OC)cc1OC. The molecule has 2 rings (SSSR count). The molecule has 0 aliphatic carbocycles. The minimum absolute atomic E-state index is 0.0749. The number of hydrogen-bond acceptors (Lipinski definition) is 5. The normalized spacial score (nSPS) is 10.1. The Kier molecular flexibility index (Phi) is 8.89. The fraction of sp³-hybridized carbons (Fsp3) is 0.286. The average Bonchev–Trinajstić information content (AvgIpc) is 2.73. The largest absolute Gasteiger partial charge is 0.496 e. The highest BCUT2D eigenvalue weighted by molar-refractivity contribution is 7.80. The summed E-state index contributed by atoms with van der Waals surface area (Å²) in [6.45, 7) is 2.03. The minimum Gasteiger partial charge on any atom is -0.496 e. The van der Waals surface area contributed by atoms with E-state index in [0.717, 1.165) is 12.8 Å². The molecule has 0 spiro atoms. The summed E-state index contributed by atoms with van der Waals surface area (Å²) in [5.74, 6) is 0.313. The first-order valence-electron chi connectivity index (χ1n) is 9.31. The van der Waals surface area contributed by atoms with E-state index in [1.807, 2.05) is 6.92 Å². The van der Waals surface area contributed by atoms with Gasteiger partial charge in [0.1, 0.15) is 11.5 Å². The Balaban J connectivity index is 2.05. The van der Waals surface area contributed by atoms with Gasteiger partial charge in [-0.05, 0) is 49.0 Å². The van der Waals surface area contributed by atoms with Gasteiger partial charge in [0.15, 0.2) is 5.11 Å². The van der Waals surface area contributed by atoms with Gasteiger partial charge in [0, 0.05) is 23.2 Å². The summed E-state index contributed by atoms with van der Waals surface area (Å²) < 4.78 is 10.5. The maximum atomic E-state index is 12.5. The number of methoxy groups -OCH3 is 2. The predicted molar refractivity (Wildman–Crippen MR) is 123 cm³/mol. The van der Waals surface area contributed by atoms with Crippen LogP contribution in [0.25, 0.3) is 0 Å². The number of carbonyl (C=O) groups is 2. The molecule has 0 unspecified atom stereocenters. The van der Waals surface area contributed by atoms with E-state index in [4.69, 9.17) is 33.3 Å². The summed E-state index contributed by atoms with van der Waals surface area (Å²) in [7, 11) is 2.97. The number of hydrogen-bond donors (Lipinski definition) is 3. The highest BCUT2D eigenvalue weighted by atomic mass is 35.5. The Labute approximate surface area is 186 Å². The molecule has 160 valence electrons. The molecule has 2 aromatic carbocycles. The Hall–Kier alpha value is -2.84.